The molecule has 3 amide bonds. The molecule has 8 nitrogen and oxygen atoms in total. The van der Waals surface area contributed by atoms with Crippen molar-refractivity contribution in [1.82, 2.24) is 25.0 Å². The number of aromatic nitrogens is 3. The molecule has 0 radical (unpaired) electrons. The van der Waals surface area contributed by atoms with Crippen molar-refractivity contribution < 1.29 is 9.59 Å². The first-order valence-electron chi connectivity index (χ1n) is 9.88. The SMILES string of the molecule is Cc1c(C(=O)N2CCc3nc(NC(=O)NC(C)C)sc3C2)cnn1-c1ccccc1. The summed E-state index contributed by atoms with van der Waals surface area (Å²) in [4.78, 5) is 32.4. The van der Waals surface area contributed by atoms with Gasteiger partial charge in [-0.1, -0.05) is 29.5 Å². The van der Waals surface area contributed by atoms with Gasteiger partial charge in [0, 0.05) is 23.9 Å². The smallest absolute Gasteiger partial charge is 0.321 e. The van der Waals surface area contributed by atoms with Crippen LogP contribution in [0.5, 0.6) is 0 Å². The zero-order valence-corrected chi connectivity index (χ0v) is 18.0. The molecular weight excluding hydrogens is 400 g/mol. The van der Waals surface area contributed by atoms with Crippen LogP contribution in [0.1, 0.15) is 40.5 Å². The molecule has 3 aromatic rings. The molecule has 1 aliphatic rings. The fourth-order valence-corrected chi connectivity index (χ4v) is 4.46. The molecule has 2 N–H and O–H groups in total. The molecular formula is C21H24N6O2S. The second-order valence-electron chi connectivity index (χ2n) is 7.51. The fourth-order valence-electron chi connectivity index (χ4n) is 3.44. The summed E-state index contributed by atoms with van der Waals surface area (Å²) in [5, 5.41) is 10.5. The van der Waals surface area contributed by atoms with E-state index in [9.17, 15) is 9.59 Å². The van der Waals surface area contributed by atoms with Crippen molar-refractivity contribution in [2.75, 3.05) is 11.9 Å². The lowest BCUT2D eigenvalue weighted by Crippen LogP contribution is -2.35. The monoisotopic (exact) mass is 424 g/mol. The molecule has 4 rings (SSSR count). The molecule has 0 unspecified atom stereocenters. The third-order valence-corrected chi connectivity index (χ3v) is 5.90. The van der Waals surface area contributed by atoms with Crippen LogP contribution in [0.3, 0.4) is 0 Å². The summed E-state index contributed by atoms with van der Waals surface area (Å²) in [7, 11) is 0. The van der Waals surface area contributed by atoms with Crippen molar-refractivity contribution in [2.45, 2.75) is 39.8 Å². The van der Waals surface area contributed by atoms with Crippen LogP contribution >= 0.6 is 11.3 Å². The lowest BCUT2D eigenvalue weighted by Gasteiger charge is -2.26. The Morgan fingerprint density at radius 2 is 1.97 bits per heavy atom. The summed E-state index contributed by atoms with van der Waals surface area (Å²) in [5.41, 5.74) is 3.28. The summed E-state index contributed by atoms with van der Waals surface area (Å²) < 4.78 is 1.78. The third kappa shape index (κ3) is 4.06. The molecule has 3 heterocycles. The normalized spacial score (nSPS) is 13.3. The summed E-state index contributed by atoms with van der Waals surface area (Å²) in [6.07, 6.45) is 2.30. The van der Waals surface area contributed by atoms with Gasteiger partial charge in [0.05, 0.1) is 35.4 Å². The van der Waals surface area contributed by atoms with E-state index in [-0.39, 0.29) is 18.0 Å². The molecule has 1 aromatic carbocycles. The maximum absolute atomic E-state index is 13.2. The predicted octanol–water partition coefficient (Wildman–Crippen LogP) is 3.37. The minimum absolute atomic E-state index is 0.0409. The Bertz CT molecular complexity index is 1070. The quantitative estimate of drug-likeness (QED) is 0.672. The molecule has 156 valence electrons. The van der Waals surface area contributed by atoms with E-state index in [1.807, 2.05) is 56.0 Å². The number of hydrogen-bond acceptors (Lipinski definition) is 5. The number of benzene rings is 1. The number of carbonyl (C=O) groups excluding carboxylic acids is 2. The summed E-state index contributed by atoms with van der Waals surface area (Å²) in [5.74, 6) is -0.0409. The van der Waals surface area contributed by atoms with Gasteiger partial charge in [-0.15, -0.1) is 0 Å². The van der Waals surface area contributed by atoms with Crippen molar-refractivity contribution in [2.24, 2.45) is 0 Å². The molecule has 0 atom stereocenters. The molecule has 0 fully saturated rings. The van der Waals surface area contributed by atoms with Crippen molar-refractivity contribution >= 4 is 28.4 Å². The number of para-hydroxylation sites is 1. The minimum Gasteiger partial charge on any atom is -0.336 e. The number of anilines is 1. The second-order valence-corrected chi connectivity index (χ2v) is 8.59. The number of rotatable bonds is 4. The Morgan fingerprint density at radius 1 is 1.20 bits per heavy atom. The highest BCUT2D eigenvalue weighted by Gasteiger charge is 2.27. The number of carbonyl (C=O) groups is 2. The van der Waals surface area contributed by atoms with Crippen molar-refractivity contribution in [1.29, 1.82) is 0 Å². The summed E-state index contributed by atoms with van der Waals surface area (Å²) >= 11 is 1.42. The van der Waals surface area contributed by atoms with E-state index in [4.69, 9.17) is 0 Å². The van der Waals surface area contributed by atoms with Gasteiger partial charge in [0.2, 0.25) is 0 Å². The molecule has 1 aliphatic heterocycles. The Labute approximate surface area is 178 Å². The van der Waals surface area contributed by atoms with Crippen molar-refractivity contribution in [3.05, 3.63) is 58.4 Å². The topological polar surface area (TPSA) is 92.2 Å². The number of urea groups is 1. The molecule has 0 spiro atoms. The number of hydrogen-bond donors (Lipinski definition) is 2. The van der Waals surface area contributed by atoms with E-state index >= 15 is 0 Å². The molecule has 0 bridgehead atoms. The van der Waals surface area contributed by atoms with Crippen LogP contribution in [-0.4, -0.2) is 44.2 Å². The fraction of sp³-hybridized carbons (Fsp3) is 0.333. The molecule has 0 aliphatic carbocycles. The molecule has 0 saturated heterocycles. The van der Waals surface area contributed by atoms with Gasteiger partial charge < -0.3 is 10.2 Å². The van der Waals surface area contributed by atoms with Gasteiger partial charge in [0.25, 0.3) is 5.91 Å². The van der Waals surface area contributed by atoms with E-state index < -0.39 is 0 Å². The number of fused-ring (bicyclic) bond motifs is 1. The standard InChI is InChI=1S/C21H24N6O2S/c1-13(2)23-20(29)25-21-24-17-9-10-26(12-18(17)30-21)19(28)16-11-22-27(14(16)3)15-7-5-4-6-8-15/h4-8,11,13H,9-10,12H2,1-3H3,(H2,23,24,25,29). The largest absolute Gasteiger partial charge is 0.336 e. The van der Waals surface area contributed by atoms with Gasteiger partial charge in [-0.25, -0.2) is 14.5 Å². The van der Waals surface area contributed by atoms with Crippen LogP contribution in [0.4, 0.5) is 9.93 Å². The Morgan fingerprint density at radius 3 is 2.70 bits per heavy atom. The van der Waals surface area contributed by atoms with Crippen LogP contribution in [-0.2, 0) is 13.0 Å². The molecule has 0 saturated carbocycles. The maximum Gasteiger partial charge on any atom is 0.321 e. The first kappa shape index (κ1) is 20.1. The predicted molar refractivity (Wildman–Crippen MR) is 116 cm³/mol. The highest BCUT2D eigenvalue weighted by Crippen LogP contribution is 2.29. The number of nitrogens with one attached hydrogen (secondary N) is 2. The van der Waals surface area contributed by atoms with Crippen molar-refractivity contribution in [3.63, 3.8) is 0 Å². The highest BCUT2D eigenvalue weighted by molar-refractivity contribution is 7.15. The van der Waals surface area contributed by atoms with Crippen molar-refractivity contribution in [3.8, 4) is 5.69 Å². The first-order valence-corrected chi connectivity index (χ1v) is 10.7. The average molecular weight is 425 g/mol. The lowest BCUT2D eigenvalue weighted by atomic mass is 10.1. The Kier molecular flexibility index (Phi) is 5.54. The van der Waals surface area contributed by atoms with Gasteiger partial charge in [-0.3, -0.25) is 10.1 Å². The van der Waals surface area contributed by atoms with Gasteiger partial charge in [-0.05, 0) is 32.9 Å². The van der Waals surface area contributed by atoms with Crippen LogP contribution in [0.2, 0.25) is 0 Å². The zero-order valence-electron chi connectivity index (χ0n) is 17.2. The van der Waals surface area contributed by atoms with Crippen LogP contribution in [0.25, 0.3) is 5.69 Å². The van der Waals surface area contributed by atoms with E-state index in [0.29, 0.717) is 30.2 Å². The second kappa shape index (κ2) is 8.27. The molecule has 30 heavy (non-hydrogen) atoms. The molecule has 2 aromatic heterocycles. The third-order valence-electron chi connectivity index (χ3n) is 4.90. The van der Waals surface area contributed by atoms with Gasteiger partial charge in [-0.2, -0.15) is 5.10 Å². The number of thiazole rings is 1. The maximum atomic E-state index is 13.2. The number of amides is 3. The minimum atomic E-state index is -0.270. The van der Waals surface area contributed by atoms with Gasteiger partial charge >= 0.3 is 6.03 Å². The van der Waals surface area contributed by atoms with Crippen LogP contribution < -0.4 is 10.6 Å². The summed E-state index contributed by atoms with van der Waals surface area (Å²) in [6, 6.07) is 9.54. The summed E-state index contributed by atoms with van der Waals surface area (Å²) in [6.45, 7) is 6.78. The Balaban J connectivity index is 1.48. The van der Waals surface area contributed by atoms with E-state index in [1.54, 1.807) is 10.9 Å². The number of nitrogens with zero attached hydrogens (tertiary/aromatic N) is 4. The lowest BCUT2D eigenvalue weighted by molar-refractivity contribution is 0.0735. The zero-order chi connectivity index (χ0) is 21.3. The van der Waals surface area contributed by atoms with Crippen LogP contribution in [0.15, 0.2) is 36.5 Å². The van der Waals surface area contributed by atoms with Gasteiger partial charge in [0.1, 0.15) is 0 Å². The van der Waals surface area contributed by atoms with Crippen LogP contribution in [0, 0.1) is 6.92 Å². The van der Waals surface area contributed by atoms with Gasteiger partial charge in [0.15, 0.2) is 5.13 Å². The van der Waals surface area contributed by atoms with E-state index in [1.165, 1.54) is 11.3 Å². The molecule has 9 heteroatoms. The van der Waals surface area contributed by atoms with E-state index in [2.05, 4.69) is 20.7 Å². The Hall–Kier alpha value is -3.20. The average Bonchev–Trinajstić information content (AvgIpc) is 3.29. The highest BCUT2D eigenvalue weighted by atomic mass is 32.1. The van der Waals surface area contributed by atoms with E-state index in [0.717, 1.165) is 22.0 Å². The first-order chi connectivity index (χ1) is 14.4.